The Kier molecular flexibility index (Phi) is 6.68. The SMILES string of the molecule is Cc1cc(C)c(-c2[nH]nc(COCC(F)(F)F)c2C)cc1C(=O)N1CC(c2ccc(C#N)cc2)C1. The van der Waals surface area contributed by atoms with E-state index < -0.39 is 12.8 Å². The molecule has 1 aliphatic rings. The van der Waals surface area contributed by atoms with Gasteiger partial charge in [0.1, 0.15) is 6.61 Å². The van der Waals surface area contributed by atoms with Gasteiger partial charge >= 0.3 is 6.18 Å². The average Bonchev–Trinajstić information content (AvgIpc) is 3.12. The predicted octanol–water partition coefficient (Wildman–Crippen LogP) is 5.19. The van der Waals surface area contributed by atoms with Gasteiger partial charge in [-0.15, -0.1) is 0 Å². The molecule has 0 spiro atoms. The molecule has 4 rings (SSSR count). The van der Waals surface area contributed by atoms with Crippen molar-refractivity contribution in [2.45, 2.75) is 39.5 Å². The van der Waals surface area contributed by atoms with Crippen LogP contribution in [0.25, 0.3) is 11.3 Å². The van der Waals surface area contributed by atoms with Crippen molar-refractivity contribution >= 4 is 5.91 Å². The van der Waals surface area contributed by atoms with E-state index in [1.165, 1.54) is 0 Å². The van der Waals surface area contributed by atoms with Crippen LogP contribution in [0, 0.1) is 32.1 Å². The number of nitriles is 1. The Labute approximate surface area is 201 Å². The first kappa shape index (κ1) is 24.5. The lowest BCUT2D eigenvalue weighted by Crippen LogP contribution is -2.48. The summed E-state index contributed by atoms with van der Waals surface area (Å²) in [5.41, 5.74) is 6.56. The van der Waals surface area contributed by atoms with Gasteiger partial charge in [-0.3, -0.25) is 9.89 Å². The molecule has 9 heteroatoms. The molecular weight excluding hydrogens is 457 g/mol. The lowest BCUT2D eigenvalue weighted by molar-refractivity contribution is -0.176. The highest BCUT2D eigenvalue weighted by atomic mass is 19.4. The van der Waals surface area contributed by atoms with Gasteiger partial charge in [0.2, 0.25) is 0 Å². The molecule has 0 atom stereocenters. The summed E-state index contributed by atoms with van der Waals surface area (Å²) in [5.74, 6) is 0.158. The van der Waals surface area contributed by atoms with Gasteiger partial charge in [-0.2, -0.15) is 23.5 Å². The third-order valence-electron chi connectivity index (χ3n) is 6.37. The Morgan fingerprint density at radius 3 is 2.49 bits per heavy atom. The monoisotopic (exact) mass is 482 g/mol. The molecule has 0 aliphatic carbocycles. The molecule has 1 fully saturated rings. The van der Waals surface area contributed by atoms with Crippen LogP contribution in [-0.4, -0.2) is 46.9 Å². The van der Waals surface area contributed by atoms with Crippen molar-refractivity contribution in [3.05, 3.63) is 75.5 Å². The number of ether oxygens (including phenoxy) is 1. The number of hydrogen-bond donors (Lipinski definition) is 1. The molecule has 35 heavy (non-hydrogen) atoms. The summed E-state index contributed by atoms with van der Waals surface area (Å²) in [4.78, 5) is 15.1. The van der Waals surface area contributed by atoms with Crippen LogP contribution in [0.2, 0.25) is 0 Å². The Morgan fingerprint density at radius 1 is 1.17 bits per heavy atom. The number of nitrogens with one attached hydrogen (secondary N) is 1. The normalized spacial score (nSPS) is 14.0. The van der Waals surface area contributed by atoms with E-state index in [1.807, 2.05) is 38.1 Å². The van der Waals surface area contributed by atoms with E-state index in [2.05, 4.69) is 16.3 Å². The number of carbonyl (C=O) groups is 1. The fourth-order valence-electron chi connectivity index (χ4n) is 4.31. The Bertz CT molecular complexity index is 1280. The minimum absolute atomic E-state index is 0.0699. The van der Waals surface area contributed by atoms with E-state index in [9.17, 15) is 18.0 Å². The summed E-state index contributed by atoms with van der Waals surface area (Å²) in [6.45, 7) is 5.16. The minimum Gasteiger partial charge on any atom is -0.366 e. The highest BCUT2D eigenvalue weighted by Gasteiger charge is 2.33. The number of rotatable bonds is 6. The van der Waals surface area contributed by atoms with Gasteiger partial charge in [-0.1, -0.05) is 18.2 Å². The number of carbonyl (C=O) groups excluding carboxylic acids is 1. The van der Waals surface area contributed by atoms with Crippen molar-refractivity contribution in [1.82, 2.24) is 15.1 Å². The minimum atomic E-state index is -4.40. The summed E-state index contributed by atoms with van der Waals surface area (Å²) in [6, 6.07) is 13.3. The van der Waals surface area contributed by atoms with Crippen LogP contribution < -0.4 is 0 Å². The fourth-order valence-corrected chi connectivity index (χ4v) is 4.31. The zero-order chi connectivity index (χ0) is 25.3. The molecule has 2 aromatic carbocycles. The number of benzene rings is 2. The zero-order valence-corrected chi connectivity index (χ0v) is 19.7. The second-order valence-corrected chi connectivity index (χ2v) is 8.90. The number of alkyl halides is 3. The number of hydrogen-bond acceptors (Lipinski definition) is 4. The van der Waals surface area contributed by atoms with Crippen LogP contribution in [-0.2, 0) is 11.3 Å². The van der Waals surface area contributed by atoms with Crippen molar-refractivity contribution in [2.75, 3.05) is 19.7 Å². The number of H-pyrrole nitrogens is 1. The summed E-state index contributed by atoms with van der Waals surface area (Å²) < 4.78 is 41.9. The molecule has 1 aromatic heterocycles. The van der Waals surface area contributed by atoms with Gasteiger partial charge in [-0.05, 0) is 55.7 Å². The first-order valence-corrected chi connectivity index (χ1v) is 11.2. The first-order valence-electron chi connectivity index (χ1n) is 11.2. The van der Waals surface area contributed by atoms with E-state index in [4.69, 9.17) is 10.00 Å². The second kappa shape index (κ2) is 9.55. The highest BCUT2D eigenvalue weighted by Crippen LogP contribution is 2.33. The molecule has 0 radical (unpaired) electrons. The predicted molar refractivity (Wildman–Crippen MR) is 124 cm³/mol. The summed E-state index contributed by atoms with van der Waals surface area (Å²) in [6.07, 6.45) is -4.40. The molecule has 1 amide bonds. The highest BCUT2D eigenvalue weighted by molar-refractivity contribution is 5.98. The molecule has 0 unspecified atom stereocenters. The number of aryl methyl sites for hydroxylation is 2. The Morgan fingerprint density at radius 2 is 1.86 bits per heavy atom. The number of halogens is 3. The molecule has 182 valence electrons. The summed E-state index contributed by atoms with van der Waals surface area (Å²) >= 11 is 0. The standard InChI is InChI=1S/C26H25F3N4O2/c1-15-8-16(2)22(25(34)33-11-20(12-33)19-6-4-18(10-30)5-7-19)9-21(15)24-17(3)23(31-32-24)13-35-14-26(27,28)29/h4-9,20H,11-14H2,1-3H3,(H,31,32). The van der Waals surface area contributed by atoms with E-state index in [0.717, 1.165) is 22.3 Å². The van der Waals surface area contributed by atoms with Crippen LogP contribution in [0.15, 0.2) is 36.4 Å². The quantitative estimate of drug-likeness (QED) is 0.524. The van der Waals surface area contributed by atoms with E-state index in [-0.39, 0.29) is 18.4 Å². The van der Waals surface area contributed by atoms with Gasteiger partial charge in [0.25, 0.3) is 5.91 Å². The summed E-state index contributed by atoms with van der Waals surface area (Å²) in [7, 11) is 0. The molecule has 3 aromatic rings. The average molecular weight is 483 g/mol. The van der Waals surface area contributed by atoms with E-state index >= 15 is 0 Å². The van der Waals surface area contributed by atoms with Crippen LogP contribution in [0.4, 0.5) is 13.2 Å². The first-order chi connectivity index (χ1) is 16.6. The number of aromatic amines is 1. The van der Waals surface area contributed by atoms with Crippen LogP contribution in [0.1, 0.15) is 49.8 Å². The van der Waals surface area contributed by atoms with Gasteiger partial charge in [0.15, 0.2) is 0 Å². The zero-order valence-electron chi connectivity index (χ0n) is 19.7. The Hall–Kier alpha value is -3.64. The van der Waals surface area contributed by atoms with Gasteiger partial charge < -0.3 is 9.64 Å². The molecule has 6 nitrogen and oxygen atoms in total. The van der Waals surface area contributed by atoms with Crippen LogP contribution in [0.5, 0.6) is 0 Å². The van der Waals surface area contributed by atoms with Crippen LogP contribution in [0.3, 0.4) is 0 Å². The Balaban J connectivity index is 1.50. The molecule has 0 bridgehead atoms. The van der Waals surface area contributed by atoms with Crippen molar-refractivity contribution in [3.63, 3.8) is 0 Å². The van der Waals surface area contributed by atoms with Crippen molar-refractivity contribution < 1.29 is 22.7 Å². The van der Waals surface area contributed by atoms with Crippen molar-refractivity contribution in [3.8, 4) is 17.3 Å². The third kappa shape index (κ3) is 5.23. The lowest BCUT2D eigenvalue weighted by Gasteiger charge is -2.40. The van der Waals surface area contributed by atoms with Crippen LogP contribution >= 0.6 is 0 Å². The molecule has 1 aliphatic heterocycles. The maximum Gasteiger partial charge on any atom is 0.411 e. The van der Waals surface area contributed by atoms with E-state index in [1.54, 1.807) is 24.0 Å². The molecule has 1 N–H and O–H groups in total. The topological polar surface area (TPSA) is 82.0 Å². The largest absolute Gasteiger partial charge is 0.411 e. The fraction of sp³-hybridized carbons (Fsp3) is 0.346. The number of nitrogens with zero attached hydrogens (tertiary/aromatic N) is 3. The second-order valence-electron chi connectivity index (χ2n) is 8.90. The molecule has 2 heterocycles. The smallest absolute Gasteiger partial charge is 0.366 e. The summed E-state index contributed by atoms with van der Waals surface area (Å²) in [5, 5.41) is 16.0. The molecular formula is C26H25F3N4O2. The van der Waals surface area contributed by atoms with Gasteiger partial charge in [0.05, 0.1) is 29.6 Å². The van der Waals surface area contributed by atoms with Crippen molar-refractivity contribution in [1.29, 1.82) is 5.26 Å². The number of likely N-dealkylation sites (tertiary alicyclic amines) is 1. The maximum absolute atomic E-state index is 13.3. The molecule has 0 saturated carbocycles. The van der Waals surface area contributed by atoms with E-state index in [0.29, 0.717) is 41.2 Å². The van der Waals surface area contributed by atoms with Gasteiger partial charge in [-0.25, -0.2) is 0 Å². The lowest BCUT2D eigenvalue weighted by atomic mass is 9.89. The molecule has 1 saturated heterocycles. The number of aromatic nitrogens is 2. The maximum atomic E-state index is 13.3. The number of amides is 1. The van der Waals surface area contributed by atoms with Crippen molar-refractivity contribution in [2.24, 2.45) is 0 Å². The van der Waals surface area contributed by atoms with Gasteiger partial charge in [0, 0.05) is 35.7 Å². The third-order valence-corrected chi connectivity index (χ3v) is 6.37.